The molecule has 0 bridgehead atoms. The average molecular weight is 429 g/mol. The molecule has 0 spiro atoms. The Hall–Kier alpha value is -2.65. The summed E-state index contributed by atoms with van der Waals surface area (Å²) in [6.45, 7) is 6.74. The van der Waals surface area contributed by atoms with E-state index in [0.29, 0.717) is 51.8 Å². The van der Waals surface area contributed by atoms with Crippen LogP contribution in [-0.2, 0) is 14.3 Å². The standard InChI is InChI=1S/C22H32N6O3/c1-2-30-15-17-26-20-21(19-16(25-22(20)23)7-6-9-24-19)28(17)10-5-3-4-8-18(29)27-11-13-31-14-12-27/h6-7,9,17,26H,2-5,8,10-15H2,1H3,(H2,23,25). The maximum absolute atomic E-state index is 12.3. The number of nitrogens with two attached hydrogens (primary N) is 1. The molecular formula is C22H32N6O3. The summed E-state index contributed by atoms with van der Waals surface area (Å²) < 4.78 is 11.0. The van der Waals surface area contributed by atoms with Crippen LogP contribution >= 0.6 is 0 Å². The van der Waals surface area contributed by atoms with Gasteiger partial charge in [0.2, 0.25) is 5.91 Å². The van der Waals surface area contributed by atoms with Crippen LogP contribution in [-0.4, -0.2) is 73.0 Å². The number of nitrogen functional groups attached to an aromatic ring is 1. The van der Waals surface area contributed by atoms with E-state index in [1.54, 1.807) is 6.20 Å². The topological polar surface area (TPSA) is 106 Å². The first-order valence-electron chi connectivity index (χ1n) is 11.2. The van der Waals surface area contributed by atoms with E-state index in [4.69, 9.17) is 15.2 Å². The molecule has 9 heteroatoms. The highest BCUT2D eigenvalue weighted by atomic mass is 16.5. The number of pyridine rings is 2. The summed E-state index contributed by atoms with van der Waals surface area (Å²) in [5.41, 5.74) is 9.72. The minimum atomic E-state index is -0.0124. The molecule has 168 valence electrons. The van der Waals surface area contributed by atoms with Crippen LogP contribution in [0.15, 0.2) is 18.3 Å². The van der Waals surface area contributed by atoms with Gasteiger partial charge in [-0.3, -0.25) is 9.78 Å². The number of ether oxygens (including phenoxy) is 2. The van der Waals surface area contributed by atoms with Gasteiger partial charge in [0.15, 0.2) is 0 Å². The summed E-state index contributed by atoms with van der Waals surface area (Å²) in [5.74, 6) is 0.718. The Labute approximate surface area is 182 Å². The van der Waals surface area contributed by atoms with E-state index in [1.165, 1.54) is 0 Å². The predicted octanol–water partition coefficient (Wildman–Crippen LogP) is 2.23. The summed E-state index contributed by atoms with van der Waals surface area (Å²) >= 11 is 0. The Morgan fingerprint density at radius 1 is 1.32 bits per heavy atom. The minimum Gasteiger partial charge on any atom is -0.382 e. The molecule has 2 aromatic heterocycles. The number of hydrogen-bond donors (Lipinski definition) is 2. The Morgan fingerprint density at radius 3 is 2.97 bits per heavy atom. The van der Waals surface area contributed by atoms with Gasteiger partial charge >= 0.3 is 0 Å². The molecule has 0 aliphatic carbocycles. The Morgan fingerprint density at radius 2 is 2.16 bits per heavy atom. The van der Waals surface area contributed by atoms with Crippen molar-refractivity contribution < 1.29 is 14.3 Å². The van der Waals surface area contributed by atoms with Gasteiger partial charge in [0.05, 0.1) is 31.0 Å². The monoisotopic (exact) mass is 428 g/mol. The van der Waals surface area contributed by atoms with E-state index in [0.717, 1.165) is 48.2 Å². The molecule has 0 saturated carbocycles. The lowest BCUT2D eigenvalue weighted by Gasteiger charge is -2.27. The largest absolute Gasteiger partial charge is 0.382 e. The van der Waals surface area contributed by atoms with Crippen molar-refractivity contribution in [2.45, 2.75) is 38.8 Å². The number of fused-ring (bicyclic) bond motifs is 3. The number of carbonyl (C=O) groups is 1. The number of amides is 1. The fourth-order valence-electron chi connectivity index (χ4n) is 4.25. The molecule has 1 fully saturated rings. The third kappa shape index (κ3) is 4.83. The van der Waals surface area contributed by atoms with Crippen LogP contribution in [0.2, 0.25) is 0 Å². The van der Waals surface area contributed by atoms with Crippen LogP contribution in [0.1, 0.15) is 32.6 Å². The normalized spacial score (nSPS) is 18.3. The Kier molecular flexibility index (Phi) is 7.03. The molecule has 0 radical (unpaired) electrons. The van der Waals surface area contributed by atoms with Crippen LogP contribution in [0.5, 0.6) is 0 Å². The number of morpholine rings is 1. The minimum absolute atomic E-state index is 0.0124. The van der Waals surface area contributed by atoms with Crippen LogP contribution in [0, 0.1) is 0 Å². The number of nitrogens with one attached hydrogen (secondary N) is 1. The summed E-state index contributed by atoms with van der Waals surface area (Å²) in [7, 11) is 0. The molecule has 1 amide bonds. The van der Waals surface area contributed by atoms with Crippen molar-refractivity contribution >= 4 is 34.1 Å². The lowest BCUT2D eigenvalue weighted by molar-refractivity contribution is -0.135. The van der Waals surface area contributed by atoms with E-state index in [-0.39, 0.29) is 12.1 Å². The smallest absolute Gasteiger partial charge is 0.222 e. The number of unbranched alkanes of at least 4 members (excludes halogenated alkanes) is 2. The van der Waals surface area contributed by atoms with E-state index >= 15 is 0 Å². The second-order valence-electron chi connectivity index (χ2n) is 7.91. The van der Waals surface area contributed by atoms with Gasteiger partial charge in [-0.15, -0.1) is 0 Å². The van der Waals surface area contributed by atoms with Crippen molar-refractivity contribution in [2.24, 2.45) is 0 Å². The van der Waals surface area contributed by atoms with E-state index in [9.17, 15) is 4.79 Å². The number of anilines is 3. The Balaban J connectivity index is 1.39. The van der Waals surface area contributed by atoms with Gasteiger partial charge in [-0.05, 0) is 31.9 Å². The number of rotatable bonds is 9. The molecule has 4 rings (SSSR count). The number of hydrogen-bond acceptors (Lipinski definition) is 8. The third-order valence-electron chi connectivity index (χ3n) is 5.85. The van der Waals surface area contributed by atoms with Crippen molar-refractivity contribution in [1.82, 2.24) is 14.9 Å². The third-order valence-corrected chi connectivity index (χ3v) is 5.85. The number of nitrogens with zero attached hydrogens (tertiary/aromatic N) is 4. The van der Waals surface area contributed by atoms with E-state index < -0.39 is 0 Å². The second kappa shape index (κ2) is 10.1. The molecule has 9 nitrogen and oxygen atoms in total. The fraction of sp³-hybridized carbons (Fsp3) is 0.591. The number of carbonyl (C=O) groups excluding carboxylic acids is 1. The molecule has 3 N–H and O–H groups in total. The van der Waals surface area contributed by atoms with Crippen LogP contribution in [0.3, 0.4) is 0 Å². The molecule has 31 heavy (non-hydrogen) atoms. The lowest BCUT2D eigenvalue weighted by Crippen LogP contribution is -2.40. The zero-order valence-electron chi connectivity index (χ0n) is 18.2. The molecule has 2 aliphatic heterocycles. The highest BCUT2D eigenvalue weighted by Crippen LogP contribution is 2.42. The molecule has 4 heterocycles. The van der Waals surface area contributed by atoms with Gasteiger partial charge in [-0.2, -0.15) is 0 Å². The SMILES string of the molecule is CCOCC1Nc2c(N)nc3cccnc3c2N1CCCCCC(=O)N1CCOCC1. The number of aromatic nitrogens is 2. The molecule has 2 aromatic rings. The molecule has 2 aliphatic rings. The van der Waals surface area contributed by atoms with Gasteiger partial charge in [0.1, 0.15) is 23.2 Å². The maximum atomic E-state index is 12.3. The van der Waals surface area contributed by atoms with Crippen molar-refractivity contribution in [2.75, 3.05) is 62.0 Å². The van der Waals surface area contributed by atoms with Crippen molar-refractivity contribution in [1.29, 1.82) is 0 Å². The van der Waals surface area contributed by atoms with Crippen LogP contribution in [0.25, 0.3) is 11.0 Å². The lowest BCUT2D eigenvalue weighted by atomic mass is 10.1. The van der Waals surface area contributed by atoms with Crippen LogP contribution < -0.4 is 16.0 Å². The zero-order chi connectivity index (χ0) is 21.6. The summed E-state index contributed by atoms with van der Waals surface area (Å²) in [5, 5.41) is 3.48. The maximum Gasteiger partial charge on any atom is 0.222 e. The zero-order valence-corrected chi connectivity index (χ0v) is 18.2. The Bertz CT molecular complexity index is 902. The van der Waals surface area contributed by atoms with Gasteiger partial charge in [-0.1, -0.05) is 6.42 Å². The van der Waals surface area contributed by atoms with Crippen molar-refractivity contribution in [3.63, 3.8) is 0 Å². The summed E-state index contributed by atoms with van der Waals surface area (Å²) in [6.07, 6.45) is 5.20. The molecular weight excluding hydrogens is 396 g/mol. The molecule has 0 aromatic carbocycles. The van der Waals surface area contributed by atoms with E-state index in [1.807, 2.05) is 24.0 Å². The second-order valence-corrected chi connectivity index (χ2v) is 7.91. The van der Waals surface area contributed by atoms with Gasteiger partial charge in [0.25, 0.3) is 0 Å². The average Bonchev–Trinajstić information content (AvgIpc) is 3.17. The van der Waals surface area contributed by atoms with Crippen molar-refractivity contribution in [3.8, 4) is 0 Å². The summed E-state index contributed by atoms with van der Waals surface area (Å²) in [6, 6.07) is 3.81. The molecule has 1 saturated heterocycles. The first-order chi connectivity index (χ1) is 15.2. The fourth-order valence-corrected chi connectivity index (χ4v) is 4.25. The first kappa shape index (κ1) is 21.6. The predicted molar refractivity (Wildman–Crippen MR) is 121 cm³/mol. The van der Waals surface area contributed by atoms with E-state index in [2.05, 4.69) is 20.2 Å². The highest BCUT2D eigenvalue weighted by molar-refractivity contribution is 6.02. The van der Waals surface area contributed by atoms with Gasteiger partial charge < -0.3 is 30.3 Å². The molecule has 1 unspecified atom stereocenters. The first-order valence-corrected chi connectivity index (χ1v) is 11.2. The van der Waals surface area contributed by atoms with Gasteiger partial charge in [0, 0.05) is 38.9 Å². The highest BCUT2D eigenvalue weighted by Gasteiger charge is 2.33. The quantitative estimate of drug-likeness (QED) is 0.586. The van der Waals surface area contributed by atoms with Crippen molar-refractivity contribution in [3.05, 3.63) is 18.3 Å². The summed E-state index contributed by atoms with van der Waals surface area (Å²) in [4.78, 5) is 25.6. The van der Waals surface area contributed by atoms with Crippen LogP contribution in [0.4, 0.5) is 17.2 Å². The molecule has 1 atom stereocenters. The van der Waals surface area contributed by atoms with Gasteiger partial charge in [-0.25, -0.2) is 4.98 Å².